The highest BCUT2D eigenvalue weighted by Crippen LogP contribution is 2.15. The van der Waals surface area contributed by atoms with Gasteiger partial charge in [-0.1, -0.05) is 18.2 Å². The van der Waals surface area contributed by atoms with E-state index in [1.165, 1.54) is 0 Å². The summed E-state index contributed by atoms with van der Waals surface area (Å²) in [5.41, 5.74) is 2.49. The predicted molar refractivity (Wildman–Crippen MR) is 71.4 cm³/mol. The van der Waals surface area contributed by atoms with E-state index >= 15 is 0 Å². The number of hydrogen-bond acceptors (Lipinski definition) is 4. The highest BCUT2D eigenvalue weighted by Gasteiger charge is 2.14. The summed E-state index contributed by atoms with van der Waals surface area (Å²) in [5.74, 6) is 0.0610. The number of hydrogen-bond donors (Lipinski definition) is 2. The van der Waals surface area contributed by atoms with E-state index in [1.54, 1.807) is 0 Å². The van der Waals surface area contributed by atoms with Gasteiger partial charge in [0.2, 0.25) is 5.95 Å². The van der Waals surface area contributed by atoms with Gasteiger partial charge in [-0.2, -0.15) is 4.98 Å². The van der Waals surface area contributed by atoms with Crippen LogP contribution in [0.5, 0.6) is 6.01 Å². The van der Waals surface area contributed by atoms with Crippen LogP contribution in [0.4, 0.5) is 5.95 Å². The van der Waals surface area contributed by atoms with E-state index in [0.717, 1.165) is 11.1 Å². The third-order valence-electron chi connectivity index (χ3n) is 2.68. The topological polar surface area (TPSA) is 79.9 Å². The maximum Gasteiger partial charge on any atom is 0.337 e. The molecule has 0 fully saturated rings. The third kappa shape index (κ3) is 2.90. The predicted octanol–water partition coefficient (Wildman–Crippen LogP) is 2.07. The van der Waals surface area contributed by atoms with Gasteiger partial charge in [0.15, 0.2) is 0 Å². The van der Waals surface area contributed by atoms with E-state index in [4.69, 9.17) is 4.74 Å². The van der Waals surface area contributed by atoms with Crippen LogP contribution in [0.3, 0.4) is 0 Å². The monoisotopic (exact) mass is 260 g/mol. The fourth-order valence-electron chi connectivity index (χ4n) is 1.84. The lowest BCUT2D eigenvalue weighted by atomic mass is 10.0. The Kier molecular flexibility index (Phi) is 3.79. The van der Waals surface area contributed by atoms with Crippen molar-refractivity contribution in [2.24, 2.45) is 0 Å². The number of aromatic nitrogens is 3. The van der Waals surface area contributed by atoms with Crippen LogP contribution in [-0.4, -0.2) is 27.7 Å². The molecule has 0 atom stereocenters. The molecule has 100 valence electrons. The van der Waals surface area contributed by atoms with Crippen LogP contribution in [0.15, 0.2) is 18.2 Å². The maximum atomic E-state index is 12.2. The van der Waals surface area contributed by atoms with Gasteiger partial charge in [-0.05, 0) is 31.9 Å². The molecule has 0 saturated carbocycles. The first-order valence-corrected chi connectivity index (χ1v) is 6.04. The van der Waals surface area contributed by atoms with Crippen molar-refractivity contribution in [2.45, 2.75) is 20.8 Å². The van der Waals surface area contributed by atoms with Gasteiger partial charge < -0.3 is 4.74 Å². The molecule has 1 aromatic heterocycles. The molecule has 2 aromatic rings. The highest BCUT2D eigenvalue weighted by atomic mass is 16.5. The van der Waals surface area contributed by atoms with Gasteiger partial charge in [0, 0.05) is 5.56 Å². The van der Waals surface area contributed by atoms with Crippen molar-refractivity contribution < 1.29 is 9.53 Å². The maximum absolute atomic E-state index is 12.2. The van der Waals surface area contributed by atoms with Crippen molar-refractivity contribution in [1.82, 2.24) is 15.2 Å². The average Bonchev–Trinajstić information content (AvgIpc) is 2.77. The number of amides is 1. The van der Waals surface area contributed by atoms with Crippen LogP contribution in [0, 0.1) is 13.8 Å². The molecular weight excluding hydrogens is 244 g/mol. The van der Waals surface area contributed by atoms with Crippen molar-refractivity contribution in [3.05, 3.63) is 34.9 Å². The largest absolute Gasteiger partial charge is 0.463 e. The molecule has 1 aromatic carbocycles. The molecule has 6 nitrogen and oxygen atoms in total. The molecule has 0 unspecified atom stereocenters. The fraction of sp³-hybridized carbons (Fsp3) is 0.308. The Bertz CT molecular complexity index is 572. The molecule has 0 aliphatic heterocycles. The third-order valence-corrected chi connectivity index (χ3v) is 2.68. The summed E-state index contributed by atoms with van der Waals surface area (Å²) in [7, 11) is 0. The Morgan fingerprint density at radius 1 is 1.37 bits per heavy atom. The second-order valence-corrected chi connectivity index (χ2v) is 4.12. The second kappa shape index (κ2) is 5.51. The van der Waals surface area contributed by atoms with Gasteiger partial charge in [-0.3, -0.25) is 10.1 Å². The lowest BCUT2D eigenvalue weighted by Gasteiger charge is -2.08. The molecule has 0 aliphatic rings. The first kappa shape index (κ1) is 13.1. The van der Waals surface area contributed by atoms with Crippen LogP contribution >= 0.6 is 0 Å². The summed E-state index contributed by atoms with van der Waals surface area (Å²) >= 11 is 0. The van der Waals surface area contributed by atoms with Gasteiger partial charge in [0.25, 0.3) is 5.91 Å². The Morgan fingerprint density at radius 2 is 2.05 bits per heavy atom. The summed E-state index contributed by atoms with van der Waals surface area (Å²) in [5, 5.41) is 9.11. The van der Waals surface area contributed by atoms with E-state index in [-0.39, 0.29) is 17.9 Å². The van der Waals surface area contributed by atoms with Gasteiger partial charge >= 0.3 is 6.01 Å². The fourth-order valence-corrected chi connectivity index (χ4v) is 1.84. The Balaban J connectivity index is 2.16. The molecule has 0 radical (unpaired) electrons. The van der Waals surface area contributed by atoms with E-state index in [9.17, 15) is 4.79 Å². The average molecular weight is 260 g/mol. The van der Waals surface area contributed by atoms with Crippen molar-refractivity contribution in [3.8, 4) is 6.01 Å². The lowest BCUT2D eigenvalue weighted by molar-refractivity contribution is 0.102. The molecule has 1 heterocycles. The number of rotatable bonds is 4. The molecule has 0 saturated heterocycles. The number of aromatic amines is 1. The first-order chi connectivity index (χ1) is 9.11. The zero-order chi connectivity index (χ0) is 13.8. The second-order valence-electron chi connectivity index (χ2n) is 4.12. The summed E-state index contributed by atoms with van der Waals surface area (Å²) < 4.78 is 5.12. The van der Waals surface area contributed by atoms with Crippen LogP contribution in [0.25, 0.3) is 0 Å². The molecule has 19 heavy (non-hydrogen) atoms. The lowest BCUT2D eigenvalue weighted by Crippen LogP contribution is -2.15. The minimum Gasteiger partial charge on any atom is -0.463 e. The quantitative estimate of drug-likeness (QED) is 0.882. The number of ether oxygens (including phenoxy) is 1. The highest BCUT2D eigenvalue weighted by molar-refractivity contribution is 6.05. The van der Waals surface area contributed by atoms with Gasteiger partial charge in [0.1, 0.15) is 0 Å². The summed E-state index contributed by atoms with van der Waals surface area (Å²) in [4.78, 5) is 16.2. The molecule has 2 N–H and O–H groups in total. The zero-order valence-corrected chi connectivity index (χ0v) is 11.2. The normalized spacial score (nSPS) is 10.3. The molecule has 0 aliphatic carbocycles. The zero-order valence-electron chi connectivity index (χ0n) is 11.2. The Hall–Kier alpha value is -2.37. The van der Waals surface area contributed by atoms with Gasteiger partial charge in [-0.25, -0.2) is 5.10 Å². The van der Waals surface area contributed by atoms with E-state index in [2.05, 4.69) is 20.5 Å². The van der Waals surface area contributed by atoms with Crippen molar-refractivity contribution in [1.29, 1.82) is 0 Å². The van der Waals surface area contributed by atoms with Crippen molar-refractivity contribution in [2.75, 3.05) is 11.9 Å². The van der Waals surface area contributed by atoms with E-state index in [0.29, 0.717) is 12.2 Å². The Morgan fingerprint density at radius 3 is 2.68 bits per heavy atom. The summed E-state index contributed by atoms with van der Waals surface area (Å²) in [6.07, 6.45) is 0. The minimum absolute atomic E-state index is 0.213. The van der Waals surface area contributed by atoms with Gasteiger partial charge in [0.05, 0.1) is 6.61 Å². The smallest absolute Gasteiger partial charge is 0.337 e. The minimum atomic E-state index is -0.213. The summed E-state index contributed by atoms with van der Waals surface area (Å²) in [6, 6.07) is 5.93. The number of nitrogens with zero attached hydrogens (tertiary/aromatic N) is 2. The molecule has 2 rings (SSSR count). The number of nitrogens with one attached hydrogen (secondary N) is 2. The number of aryl methyl sites for hydroxylation is 2. The van der Waals surface area contributed by atoms with Crippen molar-refractivity contribution in [3.63, 3.8) is 0 Å². The number of carbonyl (C=O) groups excluding carboxylic acids is 1. The number of benzene rings is 1. The van der Waals surface area contributed by atoms with Crippen LogP contribution < -0.4 is 10.1 Å². The van der Waals surface area contributed by atoms with Crippen molar-refractivity contribution >= 4 is 11.9 Å². The Labute approximate surface area is 111 Å². The molecule has 0 spiro atoms. The van der Waals surface area contributed by atoms with E-state index in [1.807, 2.05) is 39.0 Å². The van der Waals surface area contributed by atoms with Gasteiger partial charge in [-0.15, -0.1) is 5.10 Å². The first-order valence-electron chi connectivity index (χ1n) is 6.04. The molecule has 0 bridgehead atoms. The van der Waals surface area contributed by atoms with Crippen LogP contribution in [-0.2, 0) is 0 Å². The molecular formula is C13H16N4O2. The van der Waals surface area contributed by atoms with Crippen LogP contribution in [0.1, 0.15) is 28.4 Å². The number of anilines is 1. The number of carbonyl (C=O) groups is 1. The van der Waals surface area contributed by atoms with E-state index < -0.39 is 0 Å². The molecule has 6 heteroatoms. The van der Waals surface area contributed by atoms with Crippen LogP contribution in [0.2, 0.25) is 0 Å². The summed E-state index contributed by atoms with van der Waals surface area (Å²) in [6.45, 7) is 6.11. The standard InChI is InChI=1S/C13H16N4O2/c1-4-19-13-15-12(16-17-13)14-11(18)10-8(2)6-5-7-9(10)3/h5-7H,4H2,1-3H3,(H2,14,15,16,17,18). The molecule has 1 amide bonds. The SMILES string of the molecule is CCOc1n[nH]c(NC(=O)c2c(C)cccc2C)n1. The number of H-pyrrole nitrogens is 1.